The molecule has 28 heavy (non-hydrogen) atoms. The number of thioether (sulfide) groups is 1. The summed E-state index contributed by atoms with van der Waals surface area (Å²) in [7, 11) is 1.69. The molecular formula is C20H18ClN5OS. The molecule has 8 heteroatoms. The second-order valence-corrected chi connectivity index (χ2v) is 7.38. The summed E-state index contributed by atoms with van der Waals surface area (Å²) in [6.45, 7) is 0.412. The first-order valence-electron chi connectivity index (χ1n) is 8.60. The van der Waals surface area contributed by atoms with Crippen LogP contribution in [0.2, 0.25) is 5.02 Å². The number of halogens is 1. The molecule has 6 nitrogen and oxygen atoms in total. The normalized spacial score (nSPS) is 10.5. The van der Waals surface area contributed by atoms with Gasteiger partial charge in [0.05, 0.1) is 18.2 Å². The van der Waals surface area contributed by atoms with Crippen molar-refractivity contribution >= 4 is 29.3 Å². The topological polar surface area (TPSA) is 74.8 Å². The molecule has 3 aromatic rings. The van der Waals surface area contributed by atoms with Crippen LogP contribution in [0.1, 0.15) is 6.42 Å². The van der Waals surface area contributed by atoms with E-state index in [0.717, 1.165) is 11.3 Å². The van der Waals surface area contributed by atoms with Gasteiger partial charge in [0.2, 0.25) is 5.91 Å². The highest BCUT2D eigenvalue weighted by Gasteiger charge is 2.18. The molecule has 3 rings (SSSR count). The number of aromatic nitrogens is 3. The third-order valence-electron chi connectivity index (χ3n) is 4.06. The van der Waals surface area contributed by atoms with E-state index >= 15 is 0 Å². The summed E-state index contributed by atoms with van der Waals surface area (Å²) in [5, 5.41) is 18.6. The summed E-state index contributed by atoms with van der Waals surface area (Å²) < 4.78 is 1.92. The number of rotatable bonds is 7. The molecule has 0 fully saturated rings. The van der Waals surface area contributed by atoms with E-state index in [2.05, 4.69) is 10.2 Å². The molecule has 0 saturated carbocycles. The fourth-order valence-electron chi connectivity index (χ4n) is 2.54. The molecule has 1 heterocycles. The number of amides is 1. The van der Waals surface area contributed by atoms with Gasteiger partial charge in [-0.05, 0) is 24.3 Å². The SMILES string of the molecule is CN(CCC#N)C(=O)CSc1nnc(-c2ccccc2)n1-c1ccc(Cl)cc1. The Balaban J connectivity index is 1.89. The van der Waals surface area contributed by atoms with Crippen LogP contribution in [-0.4, -0.2) is 44.9 Å². The minimum absolute atomic E-state index is 0.0628. The van der Waals surface area contributed by atoms with E-state index in [9.17, 15) is 4.79 Å². The highest BCUT2D eigenvalue weighted by Crippen LogP contribution is 2.28. The van der Waals surface area contributed by atoms with E-state index < -0.39 is 0 Å². The van der Waals surface area contributed by atoms with Gasteiger partial charge in [0.1, 0.15) is 0 Å². The van der Waals surface area contributed by atoms with E-state index in [1.165, 1.54) is 11.8 Å². The van der Waals surface area contributed by atoms with E-state index in [4.69, 9.17) is 16.9 Å². The van der Waals surface area contributed by atoms with Crippen LogP contribution in [0.5, 0.6) is 0 Å². The van der Waals surface area contributed by atoms with Crippen molar-refractivity contribution in [3.05, 3.63) is 59.6 Å². The zero-order valence-corrected chi connectivity index (χ0v) is 16.8. The lowest BCUT2D eigenvalue weighted by molar-refractivity contribution is -0.127. The van der Waals surface area contributed by atoms with Crippen molar-refractivity contribution in [1.29, 1.82) is 5.26 Å². The first kappa shape index (κ1) is 19.9. The van der Waals surface area contributed by atoms with Crippen molar-refractivity contribution in [2.45, 2.75) is 11.6 Å². The Hall–Kier alpha value is -2.82. The average Bonchev–Trinajstić information content (AvgIpc) is 3.15. The minimum Gasteiger partial charge on any atom is -0.344 e. The minimum atomic E-state index is -0.0628. The molecule has 0 atom stereocenters. The Labute approximate surface area is 172 Å². The third kappa shape index (κ3) is 4.71. The molecule has 0 aliphatic rings. The van der Waals surface area contributed by atoms with E-state index in [1.54, 1.807) is 24.1 Å². The number of hydrogen-bond donors (Lipinski definition) is 0. The van der Waals surface area contributed by atoms with Gasteiger partial charge in [0.15, 0.2) is 11.0 Å². The van der Waals surface area contributed by atoms with Crippen molar-refractivity contribution in [2.75, 3.05) is 19.3 Å². The summed E-state index contributed by atoms with van der Waals surface area (Å²) in [6.07, 6.45) is 0.312. The smallest absolute Gasteiger partial charge is 0.232 e. The largest absolute Gasteiger partial charge is 0.344 e. The van der Waals surface area contributed by atoms with Crippen LogP contribution < -0.4 is 0 Å². The van der Waals surface area contributed by atoms with Crippen molar-refractivity contribution in [2.24, 2.45) is 0 Å². The molecule has 0 bridgehead atoms. The third-order valence-corrected chi connectivity index (χ3v) is 5.23. The van der Waals surface area contributed by atoms with Gasteiger partial charge in [-0.3, -0.25) is 9.36 Å². The summed E-state index contributed by atoms with van der Waals surface area (Å²) in [6, 6.07) is 19.2. The van der Waals surface area contributed by atoms with Gasteiger partial charge >= 0.3 is 0 Å². The molecule has 0 saturated heterocycles. The van der Waals surface area contributed by atoms with Crippen molar-refractivity contribution in [1.82, 2.24) is 19.7 Å². The Morgan fingerprint density at radius 3 is 2.57 bits per heavy atom. The molecule has 0 aliphatic carbocycles. The molecule has 142 valence electrons. The quantitative estimate of drug-likeness (QED) is 0.548. The van der Waals surface area contributed by atoms with Crippen LogP contribution in [0.25, 0.3) is 17.1 Å². The molecule has 0 spiro atoms. The Morgan fingerprint density at radius 2 is 1.89 bits per heavy atom. The highest BCUT2D eigenvalue weighted by atomic mass is 35.5. The number of carbonyl (C=O) groups is 1. The van der Waals surface area contributed by atoms with Crippen LogP contribution in [0, 0.1) is 11.3 Å². The number of hydrogen-bond acceptors (Lipinski definition) is 5. The van der Waals surface area contributed by atoms with Gasteiger partial charge in [-0.15, -0.1) is 10.2 Å². The first-order valence-corrected chi connectivity index (χ1v) is 9.97. The van der Waals surface area contributed by atoms with Crippen molar-refractivity contribution < 1.29 is 4.79 Å². The standard InChI is InChI=1S/C20H18ClN5OS/c1-25(13-5-12-22)18(27)14-28-20-24-23-19(15-6-3-2-4-7-15)26(20)17-10-8-16(21)9-11-17/h2-4,6-11H,5,13-14H2,1H3. The van der Waals surface area contributed by atoms with Crippen molar-refractivity contribution in [3.63, 3.8) is 0 Å². The van der Waals surface area contributed by atoms with Crippen LogP contribution in [0.3, 0.4) is 0 Å². The molecular weight excluding hydrogens is 394 g/mol. The maximum Gasteiger partial charge on any atom is 0.232 e. The Bertz CT molecular complexity index is 982. The summed E-state index contributed by atoms with van der Waals surface area (Å²) in [5.41, 5.74) is 1.79. The Morgan fingerprint density at radius 1 is 1.18 bits per heavy atom. The van der Waals surface area contributed by atoms with E-state index in [-0.39, 0.29) is 11.7 Å². The molecule has 1 amide bonds. The van der Waals surface area contributed by atoms with Crippen molar-refractivity contribution in [3.8, 4) is 23.1 Å². The predicted octanol–water partition coefficient (Wildman–Crippen LogP) is 4.05. The maximum atomic E-state index is 12.3. The lowest BCUT2D eigenvalue weighted by atomic mass is 10.2. The number of carbonyl (C=O) groups excluding carboxylic acids is 1. The summed E-state index contributed by atoms with van der Waals surface area (Å²) in [4.78, 5) is 13.9. The molecule has 0 N–H and O–H groups in total. The van der Waals surface area contributed by atoms with Gasteiger partial charge in [-0.1, -0.05) is 53.7 Å². The molecule has 1 aromatic heterocycles. The van der Waals surface area contributed by atoms with Crippen LogP contribution >= 0.6 is 23.4 Å². The number of nitrogens with zero attached hydrogens (tertiary/aromatic N) is 5. The molecule has 0 aliphatic heterocycles. The average molecular weight is 412 g/mol. The predicted molar refractivity (Wildman–Crippen MR) is 110 cm³/mol. The summed E-state index contributed by atoms with van der Waals surface area (Å²) >= 11 is 7.34. The molecule has 0 unspecified atom stereocenters. The van der Waals surface area contributed by atoms with Gasteiger partial charge in [0, 0.05) is 29.9 Å². The van der Waals surface area contributed by atoms with Crippen LogP contribution in [0.4, 0.5) is 0 Å². The van der Waals surface area contributed by atoms with Gasteiger partial charge in [-0.25, -0.2) is 0 Å². The fourth-order valence-corrected chi connectivity index (χ4v) is 3.56. The summed E-state index contributed by atoms with van der Waals surface area (Å²) in [5.74, 6) is 0.838. The molecule has 0 radical (unpaired) electrons. The Kier molecular flexibility index (Phi) is 6.69. The van der Waals surface area contributed by atoms with Gasteiger partial charge < -0.3 is 4.90 Å². The number of benzene rings is 2. The first-order chi connectivity index (χ1) is 13.6. The second-order valence-electron chi connectivity index (χ2n) is 6.00. The lowest BCUT2D eigenvalue weighted by Crippen LogP contribution is -2.29. The maximum absolute atomic E-state index is 12.3. The van der Waals surface area contributed by atoms with Gasteiger partial charge in [0.25, 0.3) is 0 Å². The fraction of sp³-hybridized carbons (Fsp3) is 0.200. The monoisotopic (exact) mass is 411 g/mol. The van der Waals surface area contributed by atoms with Crippen LogP contribution in [-0.2, 0) is 4.79 Å². The second kappa shape index (κ2) is 9.40. The van der Waals surface area contributed by atoms with Crippen LogP contribution in [0.15, 0.2) is 59.8 Å². The lowest BCUT2D eigenvalue weighted by Gasteiger charge is -2.15. The zero-order chi connectivity index (χ0) is 19.9. The van der Waals surface area contributed by atoms with Gasteiger partial charge in [-0.2, -0.15) is 5.26 Å². The van der Waals surface area contributed by atoms with E-state index in [1.807, 2.05) is 53.1 Å². The zero-order valence-electron chi connectivity index (χ0n) is 15.2. The van der Waals surface area contributed by atoms with E-state index in [0.29, 0.717) is 29.0 Å². The number of nitriles is 1. The highest BCUT2D eigenvalue weighted by molar-refractivity contribution is 7.99. The molecule has 2 aromatic carbocycles.